The van der Waals surface area contributed by atoms with Crippen molar-refractivity contribution in [1.29, 1.82) is 0 Å². The highest BCUT2D eigenvalue weighted by Crippen LogP contribution is 2.35. The molecule has 1 aromatic heterocycles. The molecule has 1 aromatic carbocycles. The molecule has 198 valence electrons. The van der Waals surface area contributed by atoms with E-state index in [0.29, 0.717) is 5.56 Å². The van der Waals surface area contributed by atoms with Gasteiger partial charge in [0, 0.05) is 30.4 Å². The molecule has 1 aliphatic heterocycles. The van der Waals surface area contributed by atoms with E-state index in [2.05, 4.69) is 20.9 Å². The number of phenolic OH excluding ortho intramolecular Hbond substituents is 1. The van der Waals surface area contributed by atoms with Gasteiger partial charge in [0.15, 0.2) is 6.10 Å². The van der Waals surface area contributed by atoms with Crippen molar-refractivity contribution in [1.82, 2.24) is 20.9 Å². The minimum Gasteiger partial charge on any atom is -0.508 e. The number of nitrogens with zero attached hydrogens (tertiary/aromatic N) is 1. The number of nitrogens with one attached hydrogen (secondary N) is 3. The average molecular weight is 511 g/mol. The Kier molecular flexibility index (Phi) is 8.40. The molecule has 1 saturated carbocycles. The van der Waals surface area contributed by atoms with Crippen LogP contribution in [0.15, 0.2) is 48.8 Å². The van der Waals surface area contributed by atoms with Gasteiger partial charge in [-0.05, 0) is 50.8 Å². The fraction of sp³-hybridized carbons (Fsp3) is 0.481. The lowest BCUT2D eigenvalue weighted by Gasteiger charge is -2.33. The van der Waals surface area contributed by atoms with Gasteiger partial charge in [0.05, 0.1) is 24.1 Å². The number of cyclic esters (lactones) is 1. The van der Waals surface area contributed by atoms with Gasteiger partial charge in [0.2, 0.25) is 5.91 Å². The molecule has 2 heterocycles. The highest BCUT2D eigenvalue weighted by atomic mass is 16.6. The average Bonchev–Trinajstić information content (AvgIpc) is 3.72. The summed E-state index contributed by atoms with van der Waals surface area (Å²) in [5.41, 5.74) is 1.36. The number of amides is 2. The number of aromatic nitrogens is 1. The molecule has 0 bridgehead atoms. The lowest BCUT2D eigenvalue weighted by Crippen LogP contribution is -2.61. The third-order valence-electron chi connectivity index (χ3n) is 7.01. The summed E-state index contributed by atoms with van der Waals surface area (Å²) in [6.45, 7) is 3.38. The van der Waals surface area contributed by atoms with Crippen LogP contribution in [0.4, 0.5) is 0 Å². The quantitative estimate of drug-likeness (QED) is 0.359. The summed E-state index contributed by atoms with van der Waals surface area (Å²) in [4.78, 5) is 43.7. The smallest absolute Gasteiger partial charge is 0.312 e. The van der Waals surface area contributed by atoms with Crippen molar-refractivity contribution in [2.24, 2.45) is 11.8 Å². The maximum absolute atomic E-state index is 13.6. The zero-order valence-corrected chi connectivity index (χ0v) is 21.0. The van der Waals surface area contributed by atoms with Crippen LogP contribution in [0, 0.1) is 11.8 Å². The second-order valence-electron chi connectivity index (χ2n) is 9.94. The topological polar surface area (TPSA) is 150 Å². The predicted molar refractivity (Wildman–Crippen MR) is 134 cm³/mol. The van der Waals surface area contributed by atoms with Crippen LogP contribution in [0.25, 0.3) is 0 Å². The van der Waals surface area contributed by atoms with Gasteiger partial charge in [0.1, 0.15) is 11.8 Å². The number of ether oxygens (including phenoxy) is 1. The number of aliphatic hydroxyl groups is 1. The van der Waals surface area contributed by atoms with Gasteiger partial charge in [-0.15, -0.1) is 0 Å². The SMILES string of the molecule is CC1NC(=O)C(C2CC2)OC(=O)C(C)C(O)C(Cc2cccnc2)NC(=O)C1NCc1ccccc1O. The molecule has 2 aromatic rings. The first-order valence-corrected chi connectivity index (χ1v) is 12.6. The van der Waals surface area contributed by atoms with Crippen LogP contribution < -0.4 is 16.0 Å². The van der Waals surface area contributed by atoms with Crippen molar-refractivity contribution >= 4 is 17.8 Å². The number of rotatable bonds is 6. The lowest BCUT2D eigenvalue weighted by atomic mass is 9.92. The Hall–Kier alpha value is -3.50. The van der Waals surface area contributed by atoms with Crippen LogP contribution in [-0.4, -0.2) is 63.3 Å². The van der Waals surface area contributed by atoms with E-state index in [1.807, 2.05) is 6.07 Å². The highest BCUT2D eigenvalue weighted by Gasteiger charge is 2.43. The summed E-state index contributed by atoms with van der Waals surface area (Å²) >= 11 is 0. The second-order valence-corrected chi connectivity index (χ2v) is 9.94. The normalized spacial score (nSPS) is 29.3. The Bertz CT molecular complexity index is 1110. The maximum atomic E-state index is 13.6. The largest absolute Gasteiger partial charge is 0.508 e. The number of aromatic hydroxyl groups is 1. The fourth-order valence-corrected chi connectivity index (χ4v) is 4.55. The number of phenols is 1. The minimum atomic E-state index is -1.27. The molecule has 1 saturated heterocycles. The molecule has 0 radical (unpaired) electrons. The first kappa shape index (κ1) is 26.6. The second kappa shape index (κ2) is 11.7. The summed E-state index contributed by atoms with van der Waals surface area (Å²) < 4.78 is 5.61. The molecule has 4 rings (SSSR count). The summed E-state index contributed by atoms with van der Waals surface area (Å²) in [6, 6.07) is 7.93. The molecule has 10 heteroatoms. The van der Waals surface area contributed by atoms with Gasteiger partial charge in [-0.2, -0.15) is 0 Å². The maximum Gasteiger partial charge on any atom is 0.312 e. The van der Waals surface area contributed by atoms with Crippen molar-refractivity contribution in [2.45, 2.75) is 70.0 Å². The van der Waals surface area contributed by atoms with Gasteiger partial charge < -0.3 is 25.6 Å². The Morgan fingerprint density at radius 2 is 1.81 bits per heavy atom. The van der Waals surface area contributed by atoms with E-state index in [1.165, 1.54) is 6.92 Å². The van der Waals surface area contributed by atoms with Gasteiger partial charge >= 0.3 is 5.97 Å². The molecule has 6 unspecified atom stereocenters. The van der Waals surface area contributed by atoms with Gasteiger partial charge in [-0.25, -0.2) is 0 Å². The van der Waals surface area contributed by atoms with Crippen LogP contribution in [0.1, 0.15) is 37.8 Å². The first-order chi connectivity index (χ1) is 17.7. The molecule has 2 amide bonds. The van der Waals surface area contributed by atoms with E-state index in [-0.39, 0.29) is 24.6 Å². The molecule has 37 heavy (non-hydrogen) atoms. The van der Waals surface area contributed by atoms with E-state index in [0.717, 1.165) is 18.4 Å². The molecule has 5 N–H and O–H groups in total. The van der Waals surface area contributed by atoms with E-state index in [1.54, 1.807) is 49.6 Å². The Balaban J connectivity index is 1.63. The summed E-state index contributed by atoms with van der Waals surface area (Å²) in [6.07, 6.45) is 2.76. The number of para-hydroxylation sites is 1. The highest BCUT2D eigenvalue weighted by molar-refractivity contribution is 5.88. The molecule has 2 aliphatic rings. The Morgan fingerprint density at radius 1 is 1.05 bits per heavy atom. The van der Waals surface area contributed by atoms with E-state index >= 15 is 0 Å². The van der Waals surface area contributed by atoms with Crippen molar-refractivity contribution in [3.8, 4) is 5.75 Å². The summed E-state index contributed by atoms with van der Waals surface area (Å²) in [5, 5.41) is 30.2. The molecular formula is C27H34N4O6. The van der Waals surface area contributed by atoms with E-state index in [4.69, 9.17) is 4.74 Å². The zero-order valence-electron chi connectivity index (χ0n) is 21.0. The number of esters is 1. The molecule has 1 aliphatic carbocycles. The molecule has 10 nitrogen and oxygen atoms in total. The monoisotopic (exact) mass is 510 g/mol. The van der Waals surface area contributed by atoms with E-state index < -0.39 is 54.0 Å². The third kappa shape index (κ3) is 6.64. The number of benzene rings is 1. The first-order valence-electron chi connectivity index (χ1n) is 12.6. The molecule has 0 spiro atoms. The van der Waals surface area contributed by atoms with Crippen molar-refractivity contribution in [2.75, 3.05) is 0 Å². The Labute approximate surface area is 215 Å². The fourth-order valence-electron chi connectivity index (χ4n) is 4.55. The zero-order chi connectivity index (χ0) is 26.5. The number of carbonyl (C=O) groups is 3. The van der Waals surface area contributed by atoms with Crippen LogP contribution >= 0.6 is 0 Å². The van der Waals surface area contributed by atoms with Crippen LogP contribution in [0.2, 0.25) is 0 Å². The number of hydrogen-bond donors (Lipinski definition) is 5. The minimum absolute atomic E-state index is 0.0830. The van der Waals surface area contributed by atoms with Crippen LogP contribution in [0.5, 0.6) is 5.75 Å². The van der Waals surface area contributed by atoms with Gasteiger partial charge in [-0.1, -0.05) is 24.3 Å². The Morgan fingerprint density at radius 3 is 2.49 bits per heavy atom. The third-order valence-corrected chi connectivity index (χ3v) is 7.01. The van der Waals surface area contributed by atoms with Crippen molar-refractivity contribution < 1.29 is 29.3 Å². The van der Waals surface area contributed by atoms with Crippen molar-refractivity contribution in [3.05, 3.63) is 59.9 Å². The van der Waals surface area contributed by atoms with Gasteiger partial charge in [-0.3, -0.25) is 24.7 Å². The number of aliphatic hydroxyl groups excluding tert-OH is 1. The van der Waals surface area contributed by atoms with Gasteiger partial charge in [0.25, 0.3) is 5.91 Å². The van der Waals surface area contributed by atoms with Crippen molar-refractivity contribution in [3.63, 3.8) is 0 Å². The molecular weight excluding hydrogens is 476 g/mol. The van der Waals surface area contributed by atoms with Crippen LogP contribution in [0.3, 0.4) is 0 Å². The predicted octanol–water partition coefficient (Wildman–Crippen LogP) is 0.810. The summed E-state index contributed by atoms with van der Waals surface area (Å²) in [7, 11) is 0. The lowest BCUT2D eigenvalue weighted by molar-refractivity contribution is -0.165. The number of carbonyl (C=O) groups excluding carboxylic acids is 3. The molecule has 2 fully saturated rings. The number of hydrogen-bond acceptors (Lipinski definition) is 8. The standard InChI is InChI=1S/C27H34N4O6/c1-15-23(33)20(12-17-6-5-11-28-13-17)31-25(34)22(29-14-19-7-3-4-8-21(19)32)16(2)30-26(35)24(18-9-10-18)37-27(15)36/h3-8,11,13,15-16,18,20,22-24,29,32-33H,9-10,12,14H2,1-2H3,(H,30,35)(H,31,34). The molecule has 6 atom stereocenters. The van der Waals surface area contributed by atoms with E-state index in [9.17, 15) is 24.6 Å². The number of pyridine rings is 1. The summed E-state index contributed by atoms with van der Waals surface area (Å²) in [5.74, 6) is -2.61. The van der Waals surface area contributed by atoms with Crippen LogP contribution in [-0.2, 0) is 32.1 Å².